The van der Waals surface area contributed by atoms with Crippen LogP contribution in [0.2, 0.25) is 0 Å². The van der Waals surface area contributed by atoms with Crippen molar-refractivity contribution in [2.75, 3.05) is 24.5 Å². The number of thiazole rings is 1. The van der Waals surface area contributed by atoms with Crippen LogP contribution < -0.4 is 19.7 Å². The Morgan fingerprint density at radius 3 is 2.68 bits per heavy atom. The van der Waals surface area contributed by atoms with E-state index in [9.17, 15) is 19.5 Å². The Morgan fingerprint density at radius 1 is 1.26 bits per heavy atom. The predicted molar refractivity (Wildman–Crippen MR) is 128 cm³/mol. The van der Waals surface area contributed by atoms with Crippen LogP contribution in [0.1, 0.15) is 25.0 Å². The molecule has 162 valence electrons. The molecule has 0 radical (unpaired) electrons. The number of carboxylic acid groups (broad SMARTS) is 1. The molecule has 10 heteroatoms. The van der Waals surface area contributed by atoms with Crippen LogP contribution in [-0.4, -0.2) is 50.4 Å². The first kappa shape index (κ1) is 21.8. The van der Waals surface area contributed by atoms with Crippen molar-refractivity contribution in [2.45, 2.75) is 26.8 Å². The Balaban J connectivity index is 1.87. The molecular weight excluding hydrogens is 454 g/mol. The lowest BCUT2D eigenvalue weighted by molar-refractivity contribution is -0.137. The average Bonchev–Trinajstić information content (AvgIpc) is 3.36. The highest BCUT2D eigenvalue weighted by atomic mass is 32.2. The van der Waals surface area contributed by atoms with E-state index in [1.165, 1.54) is 16.2 Å². The van der Waals surface area contributed by atoms with Gasteiger partial charge in [0.2, 0.25) is 0 Å². The summed E-state index contributed by atoms with van der Waals surface area (Å²) in [5.41, 5.74) is 2.91. The third-order valence-electron chi connectivity index (χ3n) is 5.34. The summed E-state index contributed by atoms with van der Waals surface area (Å²) in [5, 5.41) is 9.32. The lowest BCUT2D eigenvalue weighted by Crippen LogP contribution is -2.35. The second-order valence-corrected chi connectivity index (χ2v) is 9.84. The molecule has 0 atom stereocenters. The fourth-order valence-corrected chi connectivity index (χ4v) is 6.47. The molecule has 4 rings (SSSR count). The van der Waals surface area contributed by atoms with Crippen LogP contribution in [0.4, 0.5) is 5.69 Å². The molecule has 3 heterocycles. The van der Waals surface area contributed by atoms with Crippen LogP contribution in [0, 0.1) is 0 Å². The van der Waals surface area contributed by atoms with Crippen LogP contribution in [0.15, 0.2) is 23.0 Å². The van der Waals surface area contributed by atoms with Gasteiger partial charge in [0, 0.05) is 25.3 Å². The van der Waals surface area contributed by atoms with E-state index in [1.807, 2.05) is 13.0 Å². The van der Waals surface area contributed by atoms with Gasteiger partial charge < -0.3 is 10.0 Å². The molecule has 2 aromatic rings. The highest BCUT2D eigenvalue weighted by Gasteiger charge is 2.33. The molecule has 0 saturated carbocycles. The monoisotopic (exact) mass is 475 g/mol. The Morgan fingerprint density at radius 2 is 2.03 bits per heavy atom. The van der Waals surface area contributed by atoms with Crippen molar-refractivity contribution >= 4 is 68.2 Å². The summed E-state index contributed by atoms with van der Waals surface area (Å²) < 4.78 is 2.30. The van der Waals surface area contributed by atoms with E-state index in [0.717, 1.165) is 52.7 Å². The summed E-state index contributed by atoms with van der Waals surface area (Å²) in [5.74, 6) is -1.43. The minimum Gasteiger partial charge on any atom is -0.480 e. The van der Waals surface area contributed by atoms with Crippen molar-refractivity contribution in [1.29, 1.82) is 0 Å². The highest BCUT2D eigenvalue weighted by molar-refractivity contribution is 8.30. The van der Waals surface area contributed by atoms with Gasteiger partial charge in [0.15, 0.2) is 0 Å². The number of nitrogens with zero attached hydrogens (tertiary/aromatic N) is 3. The van der Waals surface area contributed by atoms with Crippen LogP contribution in [0.25, 0.3) is 11.0 Å². The van der Waals surface area contributed by atoms with Crippen molar-refractivity contribution in [2.24, 2.45) is 0 Å². The molecule has 0 bridgehead atoms. The van der Waals surface area contributed by atoms with Gasteiger partial charge >= 0.3 is 5.97 Å². The maximum absolute atomic E-state index is 13.0. The third-order valence-corrected chi connectivity index (χ3v) is 8.03. The Labute approximate surface area is 192 Å². The van der Waals surface area contributed by atoms with Gasteiger partial charge in [-0.05, 0) is 49.6 Å². The van der Waals surface area contributed by atoms with E-state index in [1.54, 1.807) is 6.08 Å². The van der Waals surface area contributed by atoms with Crippen molar-refractivity contribution in [1.82, 2.24) is 9.47 Å². The first-order valence-electron chi connectivity index (χ1n) is 9.93. The highest BCUT2D eigenvalue weighted by Crippen LogP contribution is 2.31. The number of fused-ring (bicyclic) bond motifs is 1. The van der Waals surface area contributed by atoms with E-state index >= 15 is 0 Å². The largest absolute Gasteiger partial charge is 0.480 e. The number of carbonyl (C=O) groups is 2. The number of amides is 1. The van der Waals surface area contributed by atoms with Crippen molar-refractivity contribution in [3.05, 3.63) is 48.9 Å². The molecule has 31 heavy (non-hydrogen) atoms. The number of carbonyl (C=O) groups excluding carboxylic acids is 1. The summed E-state index contributed by atoms with van der Waals surface area (Å²) in [7, 11) is 0. The zero-order valence-electron chi connectivity index (χ0n) is 17.1. The number of anilines is 1. The molecule has 2 aliphatic heterocycles. The normalized spacial score (nSPS) is 18.3. The number of benzene rings is 1. The van der Waals surface area contributed by atoms with Gasteiger partial charge in [0.05, 0.1) is 4.53 Å². The summed E-state index contributed by atoms with van der Waals surface area (Å²) in [6, 6.07) is 6.09. The van der Waals surface area contributed by atoms with Gasteiger partial charge in [0.1, 0.15) is 20.4 Å². The van der Waals surface area contributed by atoms with E-state index in [2.05, 4.69) is 24.0 Å². The fraction of sp³-hybridized carbons (Fsp3) is 0.333. The number of aliphatic carboxylic acids is 1. The molecule has 0 spiro atoms. The number of likely N-dealkylation sites (N-methyl/N-ethyl adjacent to an activating group) is 1. The van der Waals surface area contributed by atoms with Gasteiger partial charge in [-0.15, -0.1) is 11.3 Å². The lowest BCUT2D eigenvalue weighted by Gasteiger charge is -2.16. The SMILES string of the molecule is CCN1C(=O)/C(=c2\s/c(=C/c3ccc4c(c3)CCN4CC)c(=O)n2CC(=O)O)SC1=S. The summed E-state index contributed by atoms with van der Waals surface area (Å²) in [6.07, 6.45) is 2.72. The van der Waals surface area contributed by atoms with Crippen LogP contribution >= 0.6 is 35.3 Å². The van der Waals surface area contributed by atoms with Gasteiger partial charge in [-0.1, -0.05) is 30.0 Å². The van der Waals surface area contributed by atoms with Crippen molar-refractivity contribution in [3.8, 4) is 0 Å². The number of rotatable bonds is 5. The molecule has 1 fully saturated rings. The fourth-order valence-electron chi connectivity index (χ4n) is 3.83. The minimum absolute atomic E-state index is 0.290. The summed E-state index contributed by atoms with van der Waals surface area (Å²) in [6.45, 7) is 5.79. The second-order valence-electron chi connectivity index (χ2n) is 7.17. The number of aromatic nitrogens is 1. The number of hydrogen-bond acceptors (Lipinski definition) is 7. The smallest absolute Gasteiger partial charge is 0.323 e. The van der Waals surface area contributed by atoms with Gasteiger partial charge in [-0.3, -0.25) is 23.9 Å². The van der Waals surface area contributed by atoms with Gasteiger partial charge in [-0.2, -0.15) is 0 Å². The maximum Gasteiger partial charge on any atom is 0.323 e. The Kier molecular flexibility index (Phi) is 6.05. The average molecular weight is 476 g/mol. The Bertz CT molecular complexity index is 1280. The maximum atomic E-state index is 13.0. The minimum atomic E-state index is -1.14. The Hall–Kier alpha value is -2.43. The lowest BCUT2D eigenvalue weighted by atomic mass is 10.1. The van der Waals surface area contributed by atoms with E-state index < -0.39 is 18.1 Å². The predicted octanol–water partition coefficient (Wildman–Crippen LogP) is 1.19. The zero-order chi connectivity index (χ0) is 22.3. The third kappa shape index (κ3) is 3.95. The van der Waals surface area contributed by atoms with Crippen LogP contribution in [-0.2, 0) is 22.6 Å². The zero-order valence-corrected chi connectivity index (χ0v) is 19.5. The van der Waals surface area contributed by atoms with Gasteiger partial charge in [0.25, 0.3) is 11.5 Å². The molecule has 2 aliphatic rings. The first-order valence-corrected chi connectivity index (χ1v) is 12.0. The number of thiocarbonyl (C=S) groups is 1. The molecule has 1 aromatic carbocycles. The summed E-state index contributed by atoms with van der Waals surface area (Å²) in [4.78, 5) is 41.3. The summed E-state index contributed by atoms with van der Waals surface area (Å²) >= 11 is 7.51. The molecule has 0 aliphatic carbocycles. The molecule has 1 saturated heterocycles. The van der Waals surface area contributed by atoms with Gasteiger partial charge in [-0.25, -0.2) is 0 Å². The van der Waals surface area contributed by atoms with Crippen LogP contribution in [0.3, 0.4) is 0 Å². The molecule has 1 amide bonds. The van der Waals surface area contributed by atoms with E-state index in [4.69, 9.17) is 12.2 Å². The number of thioether (sulfide) groups is 1. The molecule has 1 aromatic heterocycles. The quantitative estimate of drug-likeness (QED) is 0.651. The standard InChI is InChI=1S/C21H21N3O4S3/c1-3-22-8-7-13-9-12(5-6-14(13)22)10-15-18(27)24(11-16(25)26)20(30-15)17-19(28)23(4-2)21(29)31-17/h5-6,9-10H,3-4,7-8,11H2,1-2H3,(H,25,26)/b15-10+,20-17+. The number of carboxylic acids is 1. The topological polar surface area (TPSA) is 82.9 Å². The van der Waals surface area contributed by atoms with E-state index in [0.29, 0.717) is 25.0 Å². The van der Waals surface area contributed by atoms with Crippen molar-refractivity contribution < 1.29 is 14.7 Å². The van der Waals surface area contributed by atoms with Crippen LogP contribution in [0.5, 0.6) is 0 Å². The molecule has 1 N–H and O–H groups in total. The first-order chi connectivity index (χ1) is 14.8. The number of hydrogen-bond donors (Lipinski definition) is 1. The van der Waals surface area contributed by atoms with E-state index in [-0.39, 0.29) is 5.91 Å². The molecule has 0 unspecified atom stereocenters. The van der Waals surface area contributed by atoms with Crippen molar-refractivity contribution in [3.63, 3.8) is 0 Å². The molecular formula is C21H21N3O4S3. The second kappa shape index (κ2) is 8.60. The molecule has 7 nitrogen and oxygen atoms in total.